The van der Waals surface area contributed by atoms with E-state index in [1.807, 2.05) is 25.1 Å². The largest absolute Gasteiger partial charge is 0.454 e. The molecule has 4 rings (SSSR count). The Hall–Kier alpha value is -2.54. The van der Waals surface area contributed by atoms with Crippen LogP contribution in [0.3, 0.4) is 0 Å². The fraction of sp³-hybridized carbons (Fsp3) is 0.474. The van der Waals surface area contributed by atoms with Gasteiger partial charge in [0.2, 0.25) is 6.79 Å². The van der Waals surface area contributed by atoms with Gasteiger partial charge in [-0.25, -0.2) is 4.98 Å². The van der Waals surface area contributed by atoms with Gasteiger partial charge in [-0.1, -0.05) is 0 Å². The average molecular weight is 357 g/mol. The molecule has 138 valence electrons. The number of nitrogens with zero attached hydrogens (tertiary/aromatic N) is 3. The van der Waals surface area contributed by atoms with E-state index in [0.717, 1.165) is 24.4 Å². The number of hydrogen-bond acceptors (Lipinski definition) is 5. The minimum absolute atomic E-state index is 0.00585. The Kier molecular flexibility index (Phi) is 4.55. The number of fused-ring (bicyclic) bond motifs is 2. The molecule has 0 N–H and O–H groups in total. The van der Waals surface area contributed by atoms with Gasteiger partial charge in [0.05, 0.1) is 37.0 Å². The SMILES string of the molecule is CC(C)OCc1ncn2c1CN(C(=O)c1ccc3c(c1)OCO3)CCC2. The second kappa shape index (κ2) is 6.99. The van der Waals surface area contributed by atoms with Crippen LogP contribution >= 0.6 is 0 Å². The first-order chi connectivity index (χ1) is 12.6. The lowest BCUT2D eigenvalue weighted by molar-refractivity contribution is 0.0620. The van der Waals surface area contributed by atoms with Crippen molar-refractivity contribution in [1.82, 2.24) is 14.5 Å². The molecule has 1 amide bonds. The lowest BCUT2D eigenvalue weighted by Crippen LogP contribution is -2.31. The Morgan fingerprint density at radius 2 is 2.12 bits per heavy atom. The van der Waals surface area contributed by atoms with Gasteiger partial charge in [-0.2, -0.15) is 0 Å². The third-order valence-corrected chi connectivity index (χ3v) is 4.66. The van der Waals surface area contributed by atoms with Crippen molar-refractivity contribution in [3.8, 4) is 11.5 Å². The van der Waals surface area contributed by atoms with Crippen molar-refractivity contribution in [1.29, 1.82) is 0 Å². The van der Waals surface area contributed by atoms with E-state index in [4.69, 9.17) is 14.2 Å². The molecule has 1 aromatic carbocycles. The van der Waals surface area contributed by atoms with Gasteiger partial charge in [-0.3, -0.25) is 4.79 Å². The summed E-state index contributed by atoms with van der Waals surface area (Å²) in [7, 11) is 0. The molecule has 0 radical (unpaired) electrons. The van der Waals surface area contributed by atoms with Crippen LogP contribution in [0.4, 0.5) is 0 Å². The van der Waals surface area contributed by atoms with Gasteiger partial charge in [0.1, 0.15) is 0 Å². The van der Waals surface area contributed by atoms with Gasteiger partial charge in [-0.05, 0) is 38.5 Å². The van der Waals surface area contributed by atoms with E-state index in [0.29, 0.717) is 36.8 Å². The molecule has 7 nitrogen and oxygen atoms in total. The molecular weight excluding hydrogens is 334 g/mol. The van der Waals surface area contributed by atoms with Crippen molar-refractivity contribution in [2.24, 2.45) is 0 Å². The molecule has 2 aromatic rings. The van der Waals surface area contributed by atoms with E-state index in [1.54, 1.807) is 18.2 Å². The van der Waals surface area contributed by atoms with Crippen LogP contribution in [0.1, 0.15) is 42.0 Å². The first-order valence-corrected chi connectivity index (χ1v) is 8.95. The highest BCUT2D eigenvalue weighted by Crippen LogP contribution is 2.33. The van der Waals surface area contributed by atoms with Gasteiger partial charge in [-0.15, -0.1) is 0 Å². The van der Waals surface area contributed by atoms with Gasteiger partial charge >= 0.3 is 0 Å². The fourth-order valence-corrected chi connectivity index (χ4v) is 3.27. The summed E-state index contributed by atoms with van der Waals surface area (Å²) in [6.07, 6.45) is 2.89. The number of rotatable bonds is 4. The molecule has 0 fully saturated rings. The summed E-state index contributed by atoms with van der Waals surface area (Å²) in [6, 6.07) is 5.34. The summed E-state index contributed by atoms with van der Waals surface area (Å²) in [6.45, 7) is 6.77. The third-order valence-electron chi connectivity index (χ3n) is 4.66. The summed E-state index contributed by atoms with van der Waals surface area (Å²) in [5, 5.41) is 0. The number of aryl methyl sites for hydroxylation is 1. The number of ether oxygens (including phenoxy) is 3. The van der Waals surface area contributed by atoms with Crippen LogP contribution in [0.15, 0.2) is 24.5 Å². The standard InChI is InChI=1S/C19H23N3O4/c1-13(2)24-10-15-16-9-21(6-3-7-22(16)11-20-15)19(23)14-4-5-17-18(8-14)26-12-25-17/h4-5,8,11,13H,3,6-7,9-10,12H2,1-2H3. The van der Waals surface area contributed by atoms with Crippen LogP contribution in [-0.2, 0) is 24.4 Å². The molecule has 0 spiro atoms. The van der Waals surface area contributed by atoms with Crippen molar-refractivity contribution in [3.63, 3.8) is 0 Å². The van der Waals surface area contributed by atoms with E-state index in [-0.39, 0.29) is 18.8 Å². The smallest absolute Gasteiger partial charge is 0.254 e. The van der Waals surface area contributed by atoms with Crippen molar-refractivity contribution in [2.45, 2.75) is 46.1 Å². The number of aromatic nitrogens is 2. The number of hydrogen-bond donors (Lipinski definition) is 0. The maximum atomic E-state index is 13.0. The second-order valence-electron chi connectivity index (χ2n) is 6.84. The third kappa shape index (κ3) is 3.26. The molecule has 2 aliphatic rings. The zero-order valence-corrected chi connectivity index (χ0v) is 15.1. The molecule has 7 heteroatoms. The van der Waals surface area contributed by atoms with E-state index in [1.165, 1.54) is 0 Å². The quantitative estimate of drug-likeness (QED) is 0.841. The molecule has 2 aliphatic heterocycles. The number of imidazole rings is 1. The molecule has 0 saturated carbocycles. The molecule has 3 heterocycles. The first-order valence-electron chi connectivity index (χ1n) is 8.95. The lowest BCUT2D eigenvalue weighted by atomic mass is 10.1. The summed E-state index contributed by atoms with van der Waals surface area (Å²) in [5.41, 5.74) is 2.57. The van der Waals surface area contributed by atoms with Crippen LogP contribution in [-0.4, -0.2) is 39.8 Å². The van der Waals surface area contributed by atoms with Crippen molar-refractivity contribution >= 4 is 5.91 Å². The Morgan fingerprint density at radius 3 is 2.96 bits per heavy atom. The van der Waals surface area contributed by atoms with Crippen molar-refractivity contribution in [2.75, 3.05) is 13.3 Å². The number of carbonyl (C=O) groups is 1. The van der Waals surface area contributed by atoms with Crippen LogP contribution in [0.25, 0.3) is 0 Å². The normalized spacial score (nSPS) is 15.9. The Balaban J connectivity index is 1.54. The number of benzene rings is 1. The molecule has 0 unspecified atom stereocenters. The van der Waals surface area contributed by atoms with Crippen LogP contribution in [0.2, 0.25) is 0 Å². The Bertz CT molecular complexity index is 815. The fourth-order valence-electron chi connectivity index (χ4n) is 3.27. The minimum Gasteiger partial charge on any atom is -0.454 e. The molecule has 0 saturated heterocycles. The maximum absolute atomic E-state index is 13.0. The van der Waals surface area contributed by atoms with E-state index in [9.17, 15) is 4.79 Å². The first kappa shape index (κ1) is 16.9. The highest BCUT2D eigenvalue weighted by molar-refractivity contribution is 5.95. The van der Waals surface area contributed by atoms with E-state index >= 15 is 0 Å². The van der Waals surface area contributed by atoms with E-state index in [2.05, 4.69) is 9.55 Å². The zero-order chi connectivity index (χ0) is 18.1. The Labute approximate surface area is 152 Å². The van der Waals surface area contributed by atoms with Gasteiger partial charge in [0.25, 0.3) is 5.91 Å². The summed E-state index contributed by atoms with van der Waals surface area (Å²) >= 11 is 0. The van der Waals surface area contributed by atoms with Crippen molar-refractivity contribution < 1.29 is 19.0 Å². The van der Waals surface area contributed by atoms with Gasteiger partial charge in [0, 0.05) is 18.7 Å². The minimum atomic E-state index is -0.00585. The summed E-state index contributed by atoms with van der Waals surface area (Å²) in [5.74, 6) is 1.30. The highest BCUT2D eigenvalue weighted by Gasteiger charge is 2.25. The number of carbonyl (C=O) groups excluding carboxylic acids is 1. The van der Waals surface area contributed by atoms with Crippen molar-refractivity contribution in [3.05, 3.63) is 41.5 Å². The maximum Gasteiger partial charge on any atom is 0.254 e. The van der Waals surface area contributed by atoms with Crippen LogP contribution in [0.5, 0.6) is 11.5 Å². The summed E-state index contributed by atoms with van der Waals surface area (Å²) < 4.78 is 18.6. The van der Waals surface area contributed by atoms with Gasteiger partial charge in [0.15, 0.2) is 11.5 Å². The highest BCUT2D eigenvalue weighted by atomic mass is 16.7. The predicted octanol–water partition coefficient (Wildman–Crippen LogP) is 2.58. The Morgan fingerprint density at radius 1 is 1.27 bits per heavy atom. The van der Waals surface area contributed by atoms with Crippen LogP contribution in [0, 0.1) is 0 Å². The monoisotopic (exact) mass is 357 g/mol. The average Bonchev–Trinajstić information content (AvgIpc) is 3.19. The lowest BCUT2D eigenvalue weighted by Gasteiger charge is -2.21. The van der Waals surface area contributed by atoms with Crippen LogP contribution < -0.4 is 9.47 Å². The predicted molar refractivity (Wildman–Crippen MR) is 94.1 cm³/mol. The zero-order valence-electron chi connectivity index (χ0n) is 15.1. The second-order valence-corrected chi connectivity index (χ2v) is 6.84. The summed E-state index contributed by atoms with van der Waals surface area (Å²) in [4.78, 5) is 19.4. The molecule has 0 bridgehead atoms. The molecule has 26 heavy (non-hydrogen) atoms. The van der Waals surface area contributed by atoms with E-state index < -0.39 is 0 Å². The van der Waals surface area contributed by atoms with Gasteiger partial charge < -0.3 is 23.7 Å². The topological polar surface area (TPSA) is 65.8 Å². The number of amides is 1. The molecule has 0 aliphatic carbocycles. The molecular formula is C19H23N3O4. The molecule has 0 atom stereocenters. The molecule has 1 aromatic heterocycles.